The van der Waals surface area contributed by atoms with Gasteiger partial charge in [0, 0.05) is 22.8 Å². The Morgan fingerprint density at radius 3 is 2.56 bits per heavy atom. The fourth-order valence-corrected chi connectivity index (χ4v) is 5.16. The summed E-state index contributed by atoms with van der Waals surface area (Å²) < 4.78 is 43.2. The van der Waals surface area contributed by atoms with Gasteiger partial charge in [-0.2, -0.15) is 8.42 Å². The molecule has 7 nitrogen and oxygen atoms in total. The van der Waals surface area contributed by atoms with Crippen LogP contribution in [0.2, 0.25) is 0 Å². The van der Waals surface area contributed by atoms with Crippen molar-refractivity contribution < 1.29 is 22.4 Å². The molecule has 0 spiro atoms. The second-order valence-electron chi connectivity index (χ2n) is 7.16. The first-order valence-electron chi connectivity index (χ1n) is 9.85. The van der Waals surface area contributed by atoms with Gasteiger partial charge in [-0.05, 0) is 60.0 Å². The smallest absolute Gasteiger partial charge is 0.304 e. The third kappa shape index (κ3) is 4.22. The summed E-state index contributed by atoms with van der Waals surface area (Å²) in [5, 5.41) is 0. The molecule has 9 heteroatoms. The fourth-order valence-electron chi connectivity index (χ4n) is 3.50. The average Bonchev–Trinajstić information content (AvgIpc) is 3.46. The Hall–Kier alpha value is -3.27. The highest BCUT2D eigenvalue weighted by molar-refractivity contribution is 7.88. The maximum atomic E-state index is 11.4. The zero-order valence-electron chi connectivity index (χ0n) is 16.8. The van der Waals surface area contributed by atoms with Gasteiger partial charge in [-0.25, -0.2) is 0 Å². The van der Waals surface area contributed by atoms with Crippen LogP contribution >= 0.6 is 11.3 Å². The lowest BCUT2D eigenvalue weighted by molar-refractivity contribution is 0.0606. The van der Waals surface area contributed by atoms with Crippen LogP contribution in [0.15, 0.2) is 82.2 Å². The maximum absolute atomic E-state index is 11.4. The van der Waals surface area contributed by atoms with Crippen molar-refractivity contribution in [1.29, 1.82) is 0 Å². The Morgan fingerprint density at radius 1 is 0.969 bits per heavy atom. The molecule has 5 rings (SSSR count). The lowest BCUT2D eigenvalue weighted by Crippen LogP contribution is -2.13. The molecule has 1 saturated heterocycles. The number of aromatic nitrogens is 2. The first kappa shape index (κ1) is 20.6. The number of allylic oxidation sites excluding steroid dienone is 3. The van der Waals surface area contributed by atoms with Crippen molar-refractivity contribution in [2.24, 2.45) is 0 Å². The number of hydrogen-bond acceptors (Lipinski definition) is 7. The highest BCUT2D eigenvalue weighted by Gasteiger charge is 2.22. The quantitative estimate of drug-likeness (QED) is 0.543. The van der Waals surface area contributed by atoms with Crippen molar-refractivity contribution in [3.05, 3.63) is 83.6 Å². The Morgan fingerprint density at radius 2 is 1.75 bits per heavy atom. The number of hydrogen-bond donors (Lipinski definition) is 1. The van der Waals surface area contributed by atoms with Crippen LogP contribution in [0.5, 0.6) is 0 Å². The van der Waals surface area contributed by atoms with E-state index in [0.29, 0.717) is 29.5 Å². The zero-order chi connectivity index (χ0) is 22.1. The molecule has 0 atom stereocenters. The predicted molar refractivity (Wildman–Crippen MR) is 121 cm³/mol. The molecule has 0 bridgehead atoms. The van der Waals surface area contributed by atoms with Gasteiger partial charge in [0.25, 0.3) is 0 Å². The van der Waals surface area contributed by atoms with E-state index in [9.17, 15) is 13.0 Å². The van der Waals surface area contributed by atoms with Gasteiger partial charge in [-0.3, -0.25) is 14.5 Å². The molecule has 3 aromatic heterocycles. The van der Waals surface area contributed by atoms with Crippen LogP contribution in [-0.4, -0.2) is 36.2 Å². The van der Waals surface area contributed by atoms with Crippen LogP contribution in [0.25, 0.3) is 27.9 Å². The second-order valence-corrected chi connectivity index (χ2v) is 9.89. The van der Waals surface area contributed by atoms with Gasteiger partial charge >= 0.3 is 10.1 Å². The van der Waals surface area contributed by atoms with Crippen LogP contribution in [0.1, 0.15) is 12.0 Å². The van der Waals surface area contributed by atoms with E-state index in [-0.39, 0.29) is 4.21 Å². The molecule has 0 unspecified atom stereocenters. The largest absolute Gasteiger partial charge is 0.486 e. The van der Waals surface area contributed by atoms with E-state index >= 15 is 0 Å². The summed E-state index contributed by atoms with van der Waals surface area (Å²) in [7, 11) is -4.22. The van der Waals surface area contributed by atoms with Crippen molar-refractivity contribution in [3.63, 3.8) is 0 Å². The van der Waals surface area contributed by atoms with Crippen molar-refractivity contribution >= 4 is 27.5 Å². The standard InChI is InChI=1S/C23H18N2O5S2/c26-32(27,28)22-6-5-21(31-22)17-8-10-25-19(14-17)18-13-15(7-9-24-18)1-2-16-3-4-20-23(16)30-12-11-29-20/h1-2,4-10,13-14H,3,11-12H2,(H,26,27,28)/b2-1+. The number of fused-ring (bicyclic) bond motifs is 1. The van der Waals surface area contributed by atoms with E-state index in [0.717, 1.165) is 46.0 Å². The van der Waals surface area contributed by atoms with E-state index in [1.165, 1.54) is 6.07 Å². The normalized spacial score (nSPS) is 16.0. The highest BCUT2D eigenvalue weighted by atomic mass is 32.3. The van der Waals surface area contributed by atoms with Gasteiger partial charge in [0.05, 0.1) is 11.4 Å². The second kappa shape index (κ2) is 8.34. The molecular formula is C23H18N2O5S2. The van der Waals surface area contributed by atoms with Crippen molar-refractivity contribution in [1.82, 2.24) is 9.97 Å². The lowest BCUT2D eigenvalue weighted by atomic mass is 10.1. The van der Waals surface area contributed by atoms with Crippen LogP contribution in [0, 0.1) is 0 Å². The summed E-state index contributed by atoms with van der Waals surface area (Å²) in [6, 6.07) is 10.5. The minimum absolute atomic E-state index is 0.0941. The summed E-state index contributed by atoms with van der Waals surface area (Å²) >= 11 is 1.00. The van der Waals surface area contributed by atoms with E-state index in [4.69, 9.17) is 9.47 Å². The van der Waals surface area contributed by atoms with E-state index in [1.807, 2.05) is 36.4 Å². The average molecular weight is 467 g/mol. The monoisotopic (exact) mass is 466 g/mol. The summed E-state index contributed by atoms with van der Waals surface area (Å²) in [6.07, 6.45) is 10.2. The van der Waals surface area contributed by atoms with Crippen molar-refractivity contribution in [2.75, 3.05) is 13.2 Å². The van der Waals surface area contributed by atoms with Crippen molar-refractivity contribution in [2.45, 2.75) is 10.6 Å². The van der Waals surface area contributed by atoms with Gasteiger partial charge in [-0.1, -0.05) is 12.2 Å². The van der Waals surface area contributed by atoms with Crippen LogP contribution in [0.3, 0.4) is 0 Å². The molecular weight excluding hydrogens is 448 g/mol. The number of rotatable bonds is 5. The van der Waals surface area contributed by atoms with Gasteiger partial charge < -0.3 is 9.47 Å². The summed E-state index contributed by atoms with van der Waals surface area (Å²) in [6.45, 7) is 1.14. The SMILES string of the molecule is O=S(=O)(O)c1ccc(-c2ccnc(-c3cc(/C=C/C4=C5OCCOC5=CC4)ccn3)c2)s1. The molecule has 32 heavy (non-hydrogen) atoms. The minimum atomic E-state index is -4.22. The first-order chi connectivity index (χ1) is 15.5. The maximum Gasteiger partial charge on any atom is 0.304 e. The molecule has 1 N–H and O–H groups in total. The van der Waals surface area contributed by atoms with Crippen LogP contribution in [0.4, 0.5) is 0 Å². The van der Waals surface area contributed by atoms with Gasteiger partial charge in [0.15, 0.2) is 11.5 Å². The van der Waals surface area contributed by atoms with Crippen LogP contribution < -0.4 is 0 Å². The number of pyridine rings is 2. The Kier molecular flexibility index (Phi) is 5.38. The van der Waals surface area contributed by atoms with Gasteiger partial charge in [-0.15, -0.1) is 11.3 Å². The van der Waals surface area contributed by atoms with E-state index in [2.05, 4.69) is 9.97 Å². The molecule has 0 amide bonds. The Bertz CT molecular complexity index is 1390. The van der Waals surface area contributed by atoms with E-state index in [1.54, 1.807) is 24.5 Å². The van der Waals surface area contributed by atoms with Crippen molar-refractivity contribution in [3.8, 4) is 21.8 Å². The highest BCUT2D eigenvalue weighted by Crippen LogP contribution is 2.33. The number of thiophene rings is 1. The summed E-state index contributed by atoms with van der Waals surface area (Å²) in [5.41, 5.74) is 4.19. The molecule has 162 valence electrons. The zero-order valence-corrected chi connectivity index (χ0v) is 18.4. The molecule has 0 aromatic carbocycles. The third-order valence-corrected chi connectivity index (χ3v) is 7.47. The molecule has 4 heterocycles. The van der Waals surface area contributed by atoms with E-state index < -0.39 is 10.1 Å². The molecule has 2 aliphatic rings. The molecule has 1 aliphatic carbocycles. The van der Waals surface area contributed by atoms with Gasteiger partial charge in [0.1, 0.15) is 17.4 Å². The van der Waals surface area contributed by atoms with Crippen LogP contribution in [-0.2, 0) is 19.6 Å². The first-order valence-corrected chi connectivity index (χ1v) is 12.1. The summed E-state index contributed by atoms with van der Waals surface area (Å²) in [4.78, 5) is 9.57. The minimum Gasteiger partial charge on any atom is -0.486 e. The molecule has 0 saturated carbocycles. The fraction of sp³-hybridized carbons (Fsp3) is 0.130. The Balaban J connectivity index is 1.40. The lowest BCUT2D eigenvalue weighted by Gasteiger charge is -2.18. The molecule has 0 radical (unpaired) electrons. The Labute approximate surface area is 189 Å². The molecule has 1 fully saturated rings. The van der Waals surface area contributed by atoms with Gasteiger partial charge in [0.2, 0.25) is 0 Å². The summed E-state index contributed by atoms with van der Waals surface area (Å²) in [5.74, 6) is 1.63. The number of nitrogens with zero attached hydrogens (tertiary/aromatic N) is 2. The third-order valence-electron chi connectivity index (χ3n) is 5.01. The predicted octanol–water partition coefficient (Wildman–Crippen LogP) is 4.72. The molecule has 3 aromatic rings. The molecule has 1 aliphatic heterocycles. The number of ether oxygens (including phenoxy) is 2. The topological polar surface area (TPSA) is 98.6 Å².